The molecule has 21 heavy (non-hydrogen) atoms. The molecule has 116 valence electrons. The molecule has 0 saturated carbocycles. The fraction of sp³-hybridized carbons (Fsp3) is 0.583. The van der Waals surface area contributed by atoms with Crippen LogP contribution >= 0.6 is 0 Å². The van der Waals surface area contributed by atoms with Gasteiger partial charge >= 0.3 is 17.8 Å². The summed E-state index contributed by atoms with van der Waals surface area (Å²) < 4.78 is 11.5. The van der Waals surface area contributed by atoms with Crippen molar-refractivity contribution in [1.29, 1.82) is 0 Å². The minimum atomic E-state index is -0.829. The second kappa shape index (κ2) is 7.36. The van der Waals surface area contributed by atoms with Crippen molar-refractivity contribution in [1.82, 2.24) is 9.55 Å². The number of carbonyl (C=O) groups excluding carboxylic acids is 2. The zero-order valence-electron chi connectivity index (χ0n) is 12.0. The van der Waals surface area contributed by atoms with Crippen molar-refractivity contribution in [3.05, 3.63) is 22.6 Å². The third-order valence-electron chi connectivity index (χ3n) is 2.71. The molecule has 1 aromatic heterocycles. The Hall–Kier alpha value is -2.45. The van der Waals surface area contributed by atoms with Crippen molar-refractivity contribution >= 4 is 17.8 Å². The van der Waals surface area contributed by atoms with Gasteiger partial charge in [0, 0.05) is 13.8 Å². The van der Waals surface area contributed by atoms with Gasteiger partial charge in [0.05, 0.1) is 0 Å². The Balaban J connectivity index is 2.96. The minimum absolute atomic E-state index is 0.0261. The van der Waals surface area contributed by atoms with Crippen LogP contribution in [0.1, 0.15) is 27.2 Å². The first-order valence-corrected chi connectivity index (χ1v) is 6.34. The van der Waals surface area contributed by atoms with E-state index in [0.717, 1.165) is 6.20 Å². The lowest BCUT2D eigenvalue weighted by Gasteiger charge is -2.24. The van der Waals surface area contributed by atoms with Crippen molar-refractivity contribution in [2.75, 3.05) is 0 Å². The maximum atomic E-state index is 11.2. The Labute approximate surface area is 121 Å². The van der Waals surface area contributed by atoms with Gasteiger partial charge in [-0.15, -0.1) is 0 Å². The third-order valence-corrected chi connectivity index (χ3v) is 2.71. The Morgan fingerprint density at radius 1 is 1.33 bits per heavy atom. The molecule has 0 aliphatic rings. The highest BCUT2D eigenvalue weighted by molar-refractivity contribution is 5.67. The predicted molar refractivity (Wildman–Crippen MR) is 70.3 cm³/mol. The maximum absolute atomic E-state index is 11.2. The summed E-state index contributed by atoms with van der Waals surface area (Å²) in [5, 5.41) is 10.9. The van der Waals surface area contributed by atoms with E-state index in [9.17, 15) is 19.7 Å². The number of hydrogen-bond acceptors (Lipinski definition) is 7. The van der Waals surface area contributed by atoms with Crippen molar-refractivity contribution in [2.45, 2.75) is 45.9 Å². The highest BCUT2D eigenvalue weighted by Gasteiger charge is 2.29. The van der Waals surface area contributed by atoms with Gasteiger partial charge in [-0.2, -0.15) is 0 Å². The summed E-state index contributed by atoms with van der Waals surface area (Å²) in [5.74, 6) is -1.31. The number of rotatable bonds is 7. The summed E-state index contributed by atoms with van der Waals surface area (Å²) in [6, 6.07) is 0. The summed E-state index contributed by atoms with van der Waals surface area (Å²) in [5.41, 5.74) is 0. The van der Waals surface area contributed by atoms with Gasteiger partial charge in [0.2, 0.25) is 0 Å². The molecule has 0 aliphatic carbocycles. The molecule has 0 N–H and O–H groups in total. The van der Waals surface area contributed by atoms with Crippen LogP contribution in [0.2, 0.25) is 0 Å². The third kappa shape index (κ3) is 4.86. The quantitative estimate of drug-likeness (QED) is 0.420. The van der Waals surface area contributed by atoms with Crippen LogP contribution in [0.15, 0.2) is 12.5 Å². The van der Waals surface area contributed by atoms with Crippen LogP contribution in [0.4, 0.5) is 5.82 Å². The first-order valence-electron chi connectivity index (χ1n) is 6.34. The average molecular weight is 299 g/mol. The Morgan fingerprint density at radius 2 is 1.90 bits per heavy atom. The van der Waals surface area contributed by atoms with E-state index in [0.29, 0.717) is 6.42 Å². The van der Waals surface area contributed by atoms with Crippen molar-refractivity contribution in [2.24, 2.45) is 0 Å². The largest absolute Gasteiger partial charge is 0.458 e. The average Bonchev–Trinajstić information content (AvgIpc) is 2.82. The second-order valence-corrected chi connectivity index (χ2v) is 4.37. The molecule has 0 aromatic carbocycles. The monoisotopic (exact) mass is 299 g/mol. The molecule has 1 aromatic rings. The summed E-state index contributed by atoms with van der Waals surface area (Å²) in [4.78, 5) is 36.2. The molecule has 2 unspecified atom stereocenters. The molecule has 0 bridgehead atoms. The Morgan fingerprint density at radius 3 is 2.38 bits per heavy atom. The van der Waals surface area contributed by atoms with Gasteiger partial charge < -0.3 is 19.6 Å². The number of carbonyl (C=O) groups is 2. The van der Waals surface area contributed by atoms with Gasteiger partial charge in [0.1, 0.15) is 18.8 Å². The normalized spacial score (nSPS) is 13.3. The molecule has 0 aliphatic heterocycles. The summed E-state index contributed by atoms with van der Waals surface area (Å²) >= 11 is 0. The van der Waals surface area contributed by atoms with E-state index in [1.807, 2.05) is 0 Å². The van der Waals surface area contributed by atoms with Gasteiger partial charge in [0.25, 0.3) is 0 Å². The fourth-order valence-electron chi connectivity index (χ4n) is 1.88. The summed E-state index contributed by atoms with van der Waals surface area (Å²) in [6.45, 7) is 4.19. The van der Waals surface area contributed by atoms with Crippen LogP contribution in [-0.4, -0.2) is 38.6 Å². The van der Waals surface area contributed by atoms with E-state index in [4.69, 9.17) is 9.47 Å². The molecule has 9 heteroatoms. The highest BCUT2D eigenvalue weighted by atomic mass is 16.6. The molecule has 0 radical (unpaired) electrons. The predicted octanol–water partition coefficient (Wildman–Crippen LogP) is 1.06. The van der Waals surface area contributed by atoms with E-state index >= 15 is 0 Å². The molecule has 1 rings (SSSR count). The highest BCUT2D eigenvalue weighted by Crippen LogP contribution is 2.16. The van der Waals surface area contributed by atoms with Crippen molar-refractivity contribution in [3.63, 3.8) is 0 Å². The first-order chi connectivity index (χ1) is 9.85. The molecule has 2 atom stereocenters. The van der Waals surface area contributed by atoms with Crippen molar-refractivity contribution in [3.8, 4) is 0 Å². The van der Waals surface area contributed by atoms with Gasteiger partial charge in [-0.3, -0.25) is 9.59 Å². The molecular formula is C12H17N3O6. The van der Waals surface area contributed by atoms with E-state index < -0.39 is 29.1 Å². The number of nitro groups is 1. The van der Waals surface area contributed by atoms with Crippen molar-refractivity contribution < 1.29 is 24.0 Å². The topological polar surface area (TPSA) is 114 Å². The van der Waals surface area contributed by atoms with Gasteiger partial charge in [-0.25, -0.2) is 9.55 Å². The summed E-state index contributed by atoms with van der Waals surface area (Å²) in [7, 11) is 0. The molecule has 0 spiro atoms. The molecule has 0 saturated heterocycles. The number of hydrogen-bond donors (Lipinski definition) is 0. The smallest absolute Gasteiger partial charge is 0.342 e. The van der Waals surface area contributed by atoms with Crippen LogP contribution in [0.3, 0.4) is 0 Å². The lowest BCUT2D eigenvalue weighted by atomic mass is 10.1. The van der Waals surface area contributed by atoms with Crippen LogP contribution in [0.5, 0.6) is 0 Å². The van der Waals surface area contributed by atoms with Crippen LogP contribution in [-0.2, 0) is 25.6 Å². The SMILES string of the molecule is CCC(OC(C)=O)C(Cn1cncc1[N+](=O)[O-])OC(C)=O. The standard InChI is InChI=1S/C12H17N3O6/c1-4-10(20-8(2)16)11(21-9(3)17)6-14-7-13-5-12(14)15(18)19/h5,7,10-11H,4,6H2,1-3H3. The number of esters is 2. The van der Waals surface area contributed by atoms with Crippen LogP contribution in [0, 0.1) is 10.1 Å². The fourth-order valence-corrected chi connectivity index (χ4v) is 1.88. The summed E-state index contributed by atoms with van der Waals surface area (Å²) in [6.07, 6.45) is 1.24. The number of aromatic nitrogens is 2. The zero-order valence-corrected chi connectivity index (χ0v) is 12.0. The van der Waals surface area contributed by atoms with Crippen LogP contribution < -0.4 is 0 Å². The Kier molecular flexibility index (Phi) is 5.82. The van der Waals surface area contributed by atoms with Crippen LogP contribution in [0.25, 0.3) is 0 Å². The number of nitrogens with zero attached hydrogens (tertiary/aromatic N) is 3. The van der Waals surface area contributed by atoms with E-state index in [-0.39, 0.29) is 12.4 Å². The maximum Gasteiger partial charge on any atom is 0.342 e. The molecule has 0 amide bonds. The lowest BCUT2D eigenvalue weighted by molar-refractivity contribution is -0.392. The molecular weight excluding hydrogens is 282 g/mol. The second-order valence-electron chi connectivity index (χ2n) is 4.37. The van der Waals surface area contributed by atoms with E-state index in [2.05, 4.69) is 4.98 Å². The first kappa shape index (κ1) is 16.6. The van der Waals surface area contributed by atoms with E-state index in [1.165, 1.54) is 24.7 Å². The lowest BCUT2D eigenvalue weighted by Crippen LogP contribution is -2.37. The minimum Gasteiger partial charge on any atom is -0.458 e. The number of imidazole rings is 1. The van der Waals surface area contributed by atoms with Gasteiger partial charge in [-0.05, 0) is 11.3 Å². The van der Waals surface area contributed by atoms with Gasteiger partial charge in [-0.1, -0.05) is 6.92 Å². The Bertz CT molecular complexity index is 527. The molecule has 9 nitrogen and oxygen atoms in total. The molecule has 1 heterocycles. The van der Waals surface area contributed by atoms with Gasteiger partial charge in [0.15, 0.2) is 12.4 Å². The molecule has 0 fully saturated rings. The van der Waals surface area contributed by atoms with E-state index in [1.54, 1.807) is 6.92 Å². The number of ether oxygens (including phenoxy) is 2. The zero-order chi connectivity index (χ0) is 16.0.